The molecule has 0 aromatic heterocycles. The monoisotopic (exact) mass is 318 g/mol. The summed E-state index contributed by atoms with van der Waals surface area (Å²) in [5, 5.41) is 40.1. The summed E-state index contributed by atoms with van der Waals surface area (Å²) in [7, 11) is 0. The summed E-state index contributed by atoms with van der Waals surface area (Å²) in [4.78, 5) is 0. The van der Waals surface area contributed by atoms with Gasteiger partial charge in [0, 0.05) is 5.56 Å². The largest absolute Gasteiger partial charge is 0.508 e. The number of ether oxygens (including phenoxy) is 2. The molecule has 2 aromatic carbocycles. The average Bonchev–Trinajstić information content (AvgIpc) is 2.54. The van der Waals surface area contributed by atoms with Gasteiger partial charge in [0.1, 0.15) is 18.0 Å². The SMILES string of the molecule is CCOc1c(O)ccc2c1O[C@H](c1ccc(O)cc1)[C@H](O)[C@H]2O. The van der Waals surface area contributed by atoms with Crippen LogP contribution >= 0.6 is 0 Å². The minimum Gasteiger partial charge on any atom is -0.508 e. The summed E-state index contributed by atoms with van der Waals surface area (Å²) in [6, 6.07) is 9.03. The molecule has 0 unspecified atom stereocenters. The number of rotatable bonds is 3. The Morgan fingerprint density at radius 2 is 1.74 bits per heavy atom. The van der Waals surface area contributed by atoms with E-state index in [-0.39, 0.29) is 23.0 Å². The maximum atomic E-state index is 10.4. The van der Waals surface area contributed by atoms with Gasteiger partial charge >= 0.3 is 0 Å². The van der Waals surface area contributed by atoms with Crippen molar-refractivity contribution in [1.29, 1.82) is 0 Å². The molecular weight excluding hydrogens is 300 g/mol. The van der Waals surface area contributed by atoms with Gasteiger partial charge in [-0.3, -0.25) is 0 Å². The number of aromatic hydroxyl groups is 2. The molecule has 0 saturated carbocycles. The van der Waals surface area contributed by atoms with E-state index in [0.29, 0.717) is 17.7 Å². The lowest BCUT2D eigenvalue weighted by molar-refractivity contribution is -0.0711. The number of benzene rings is 2. The zero-order valence-corrected chi connectivity index (χ0v) is 12.5. The second-order valence-corrected chi connectivity index (χ2v) is 5.33. The topological polar surface area (TPSA) is 99.4 Å². The molecule has 0 amide bonds. The van der Waals surface area contributed by atoms with E-state index >= 15 is 0 Å². The summed E-state index contributed by atoms with van der Waals surface area (Å²) in [6.45, 7) is 2.08. The maximum Gasteiger partial charge on any atom is 0.203 e. The molecule has 1 heterocycles. The standard InChI is InChI=1S/C17H18O6/c1-2-22-17-12(19)8-7-11-13(20)14(21)15(23-16(11)17)9-3-5-10(18)6-4-9/h3-8,13-15,18-21H,2H2,1H3/t13-,14+,15+/m0/s1. The number of phenols is 2. The Morgan fingerprint density at radius 3 is 2.39 bits per heavy atom. The number of aliphatic hydroxyl groups excluding tert-OH is 2. The molecule has 3 rings (SSSR count). The molecule has 2 aromatic rings. The van der Waals surface area contributed by atoms with Gasteiger partial charge in [-0.15, -0.1) is 0 Å². The van der Waals surface area contributed by atoms with E-state index in [2.05, 4.69) is 0 Å². The van der Waals surface area contributed by atoms with Crippen LogP contribution in [0, 0.1) is 0 Å². The van der Waals surface area contributed by atoms with Gasteiger partial charge in [0.05, 0.1) is 6.61 Å². The predicted octanol–water partition coefficient (Wildman–Crippen LogP) is 2.02. The highest BCUT2D eigenvalue weighted by atomic mass is 16.5. The summed E-state index contributed by atoms with van der Waals surface area (Å²) < 4.78 is 11.2. The van der Waals surface area contributed by atoms with Gasteiger partial charge in [0.2, 0.25) is 5.75 Å². The molecule has 1 aliphatic heterocycles. The molecule has 0 saturated heterocycles. The van der Waals surface area contributed by atoms with Gasteiger partial charge in [-0.2, -0.15) is 0 Å². The van der Waals surface area contributed by atoms with E-state index in [0.717, 1.165) is 0 Å². The van der Waals surface area contributed by atoms with Crippen LogP contribution in [0.4, 0.5) is 0 Å². The smallest absolute Gasteiger partial charge is 0.203 e. The molecular formula is C17H18O6. The van der Waals surface area contributed by atoms with Crippen molar-refractivity contribution >= 4 is 0 Å². The highest BCUT2D eigenvalue weighted by molar-refractivity contribution is 5.57. The Hall–Kier alpha value is -2.44. The summed E-state index contributed by atoms with van der Waals surface area (Å²) in [6.07, 6.45) is -3.22. The quantitative estimate of drug-likeness (QED) is 0.691. The molecule has 6 heteroatoms. The fourth-order valence-corrected chi connectivity index (χ4v) is 2.68. The molecule has 0 aliphatic carbocycles. The summed E-state index contributed by atoms with van der Waals surface area (Å²) in [5.41, 5.74) is 0.944. The van der Waals surface area contributed by atoms with E-state index in [9.17, 15) is 20.4 Å². The second-order valence-electron chi connectivity index (χ2n) is 5.33. The Morgan fingerprint density at radius 1 is 1.04 bits per heavy atom. The van der Waals surface area contributed by atoms with Crippen molar-refractivity contribution in [2.75, 3.05) is 6.61 Å². The molecule has 0 spiro atoms. The van der Waals surface area contributed by atoms with E-state index in [1.165, 1.54) is 24.3 Å². The van der Waals surface area contributed by atoms with Gasteiger partial charge in [-0.1, -0.05) is 12.1 Å². The van der Waals surface area contributed by atoms with Crippen LogP contribution in [-0.4, -0.2) is 33.1 Å². The lowest BCUT2D eigenvalue weighted by Crippen LogP contribution is -2.34. The first kappa shape index (κ1) is 15.5. The molecule has 4 N–H and O–H groups in total. The average molecular weight is 318 g/mol. The van der Waals surface area contributed by atoms with Crippen LogP contribution in [0.3, 0.4) is 0 Å². The minimum absolute atomic E-state index is 0.0904. The van der Waals surface area contributed by atoms with Crippen LogP contribution in [0.2, 0.25) is 0 Å². The van der Waals surface area contributed by atoms with Crippen LogP contribution < -0.4 is 9.47 Å². The number of phenolic OH excluding ortho intramolecular Hbond substituents is 2. The summed E-state index contributed by atoms with van der Waals surface area (Å²) in [5.74, 6) is 0.341. The van der Waals surface area contributed by atoms with Crippen molar-refractivity contribution in [1.82, 2.24) is 0 Å². The first-order valence-electron chi connectivity index (χ1n) is 7.33. The lowest BCUT2D eigenvalue weighted by Gasteiger charge is -2.35. The van der Waals surface area contributed by atoms with Crippen LogP contribution in [0.5, 0.6) is 23.0 Å². The van der Waals surface area contributed by atoms with E-state index in [1.54, 1.807) is 19.1 Å². The van der Waals surface area contributed by atoms with Crippen molar-refractivity contribution in [2.24, 2.45) is 0 Å². The molecule has 23 heavy (non-hydrogen) atoms. The van der Waals surface area contributed by atoms with E-state index in [1.807, 2.05) is 0 Å². The third kappa shape index (κ3) is 2.67. The highest BCUT2D eigenvalue weighted by Gasteiger charge is 2.39. The zero-order chi connectivity index (χ0) is 16.6. The Kier molecular flexibility index (Phi) is 4.02. The molecule has 0 bridgehead atoms. The maximum absolute atomic E-state index is 10.4. The van der Waals surface area contributed by atoms with Crippen LogP contribution in [-0.2, 0) is 0 Å². The lowest BCUT2D eigenvalue weighted by atomic mass is 9.92. The molecule has 6 nitrogen and oxygen atoms in total. The first-order chi connectivity index (χ1) is 11.0. The fourth-order valence-electron chi connectivity index (χ4n) is 2.68. The second kappa shape index (κ2) is 5.98. The van der Waals surface area contributed by atoms with Crippen LogP contribution in [0.25, 0.3) is 0 Å². The van der Waals surface area contributed by atoms with Crippen molar-refractivity contribution < 1.29 is 29.9 Å². The molecule has 0 fully saturated rings. The van der Waals surface area contributed by atoms with E-state index < -0.39 is 18.3 Å². The van der Waals surface area contributed by atoms with Gasteiger partial charge in [0.15, 0.2) is 17.6 Å². The van der Waals surface area contributed by atoms with Crippen molar-refractivity contribution in [3.63, 3.8) is 0 Å². The Labute approximate surface area is 133 Å². The number of aliphatic hydroxyl groups is 2. The van der Waals surface area contributed by atoms with Gasteiger partial charge < -0.3 is 29.9 Å². The van der Waals surface area contributed by atoms with Crippen molar-refractivity contribution in [3.05, 3.63) is 47.5 Å². The van der Waals surface area contributed by atoms with Gasteiger partial charge in [-0.05, 0) is 36.8 Å². The Bertz CT molecular complexity index is 697. The van der Waals surface area contributed by atoms with Crippen LogP contribution in [0.15, 0.2) is 36.4 Å². The number of fused-ring (bicyclic) bond motifs is 1. The summed E-state index contributed by atoms with van der Waals surface area (Å²) >= 11 is 0. The highest BCUT2D eigenvalue weighted by Crippen LogP contribution is 2.49. The van der Waals surface area contributed by atoms with Gasteiger partial charge in [-0.25, -0.2) is 0 Å². The van der Waals surface area contributed by atoms with Gasteiger partial charge in [0.25, 0.3) is 0 Å². The first-order valence-corrected chi connectivity index (χ1v) is 7.33. The number of hydrogen-bond acceptors (Lipinski definition) is 6. The van der Waals surface area contributed by atoms with E-state index in [4.69, 9.17) is 9.47 Å². The zero-order valence-electron chi connectivity index (χ0n) is 12.5. The normalized spacial score (nSPS) is 23.0. The molecule has 0 radical (unpaired) electrons. The minimum atomic E-state index is -1.19. The Balaban J connectivity index is 2.06. The number of hydrogen-bond donors (Lipinski definition) is 4. The predicted molar refractivity (Wildman–Crippen MR) is 81.7 cm³/mol. The van der Waals surface area contributed by atoms with Crippen molar-refractivity contribution in [2.45, 2.75) is 25.2 Å². The molecule has 3 atom stereocenters. The fraction of sp³-hybridized carbons (Fsp3) is 0.294. The molecule has 122 valence electrons. The molecule has 1 aliphatic rings. The third-order valence-electron chi connectivity index (χ3n) is 3.83. The van der Waals surface area contributed by atoms with Crippen LogP contribution in [0.1, 0.15) is 30.3 Å². The third-order valence-corrected chi connectivity index (χ3v) is 3.83. The van der Waals surface area contributed by atoms with Crippen molar-refractivity contribution in [3.8, 4) is 23.0 Å².